The van der Waals surface area contributed by atoms with Gasteiger partial charge in [-0.3, -0.25) is 4.67 Å². The van der Waals surface area contributed by atoms with Crippen molar-refractivity contribution in [3.8, 4) is 0 Å². The van der Waals surface area contributed by atoms with Crippen LogP contribution in [0.1, 0.15) is 40.5 Å². The number of halogens is 2. The van der Waals surface area contributed by atoms with Crippen LogP contribution in [0.25, 0.3) is 0 Å². The average Bonchev–Trinajstić information content (AvgIpc) is 2.03. The van der Waals surface area contributed by atoms with E-state index < -0.39 is 6.78 Å². The molecule has 0 bridgehead atoms. The van der Waals surface area contributed by atoms with Crippen LogP contribution in [0.5, 0.6) is 0 Å². The molecule has 0 aliphatic heterocycles. The minimum atomic E-state index is -0.977. The molecular formula is C8H18Cl2NP. The van der Waals surface area contributed by atoms with Gasteiger partial charge in [-0.1, -0.05) is 36.3 Å². The Hall–Kier alpha value is 0.970. The molecule has 0 fully saturated rings. The molecular weight excluding hydrogens is 212 g/mol. The number of hydrogen-bond donors (Lipinski definition) is 0. The van der Waals surface area contributed by atoms with Crippen LogP contribution in [0.2, 0.25) is 0 Å². The van der Waals surface area contributed by atoms with E-state index in [-0.39, 0.29) is 0 Å². The summed E-state index contributed by atoms with van der Waals surface area (Å²) in [4.78, 5) is 0. The van der Waals surface area contributed by atoms with Crippen LogP contribution in [-0.4, -0.2) is 16.8 Å². The van der Waals surface area contributed by atoms with E-state index in [1.165, 1.54) is 0 Å². The molecule has 0 aliphatic carbocycles. The van der Waals surface area contributed by atoms with Gasteiger partial charge >= 0.3 is 0 Å². The van der Waals surface area contributed by atoms with Crippen molar-refractivity contribution in [1.82, 2.24) is 4.67 Å². The van der Waals surface area contributed by atoms with Crippen molar-refractivity contribution in [3.63, 3.8) is 0 Å². The van der Waals surface area contributed by atoms with Crippen molar-refractivity contribution in [2.45, 2.75) is 52.6 Å². The second-order valence-electron chi connectivity index (χ2n) is 3.11. The summed E-state index contributed by atoms with van der Waals surface area (Å²) in [6.07, 6.45) is 2.20. The fourth-order valence-electron chi connectivity index (χ4n) is 1.11. The fourth-order valence-corrected chi connectivity index (χ4v) is 3.82. The molecule has 2 unspecified atom stereocenters. The van der Waals surface area contributed by atoms with Gasteiger partial charge in [-0.2, -0.15) is 0 Å². The number of nitrogens with zero attached hydrogens (tertiary/aromatic N) is 1. The van der Waals surface area contributed by atoms with Crippen LogP contribution in [-0.2, 0) is 0 Å². The van der Waals surface area contributed by atoms with Gasteiger partial charge in [0.25, 0.3) is 0 Å². The largest absolute Gasteiger partial charge is 0.252 e. The molecule has 0 radical (unpaired) electrons. The zero-order valence-corrected chi connectivity index (χ0v) is 10.6. The first-order valence-electron chi connectivity index (χ1n) is 4.44. The highest BCUT2D eigenvalue weighted by atomic mass is 35.9. The monoisotopic (exact) mass is 229 g/mol. The highest BCUT2D eigenvalue weighted by molar-refractivity contribution is 8.02. The smallest absolute Gasteiger partial charge is 0.160 e. The lowest BCUT2D eigenvalue weighted by atomic mass is 10.2. The summed E-state index contributed by atoms with van der Waals surface area (Å²) in [5.74, 6) is 0. The van der Waals surface area contributed by atoms with Gasteiger partial charge < -0.3 is 0 Å². The third-order valence-electron chi connectivity index (χ3n) is 2.26. The molecule has 0 saturated carbocycles. The van der Waals surface area contributed by atoms with Gasteiger partial charge in [-0.05, 0) is 26.7 Å². The Bertz CT molecular complexity index is 112. The van der Waals surface area contributed by atoms with Crippen LogP contribution < -0.4 is 0 Å². The van der Waals surface area contributed by atoms with Gasteiger partial charge in [-0.15, -0.1) is 0 Å². The molecule has 0 saturated heterocycles. The van der Waals surface area contributed by atoms with Crippen LogP contribution >= 0.6 is 29.3 Å². The minimum Gasteiger partial charge on any atom is -0.252 e. The highest BCUT2D eigenvalue weighted by Gasteiger charge is 2.23. The minimum absolute atomic E-state index is 0.487. The first-order valence-corrected chi connectivity index (χ1v) is 7.54. The van der Waals surface area contributed by atoms with Crippen LogP contribution in [0.3, 0.4) is 0 Å². The first kappa shape index (κ1) is 13.0. The average molecular weight is 230 g/mol. The van der Waals surface area contributed by atoms with E-state index in [0.29, 0.717) is 12.1 Å². The molecule has 0 rings (SSSR count). The quantitative estimate of drug-likeness (QED) is 0.624. The molecule has 0 amide bonds. The molecule has 0 N–H and O–H groups in total. The van der Waals surface area contributed by atoms with E-state index in [0.717, 1.165) is 12.8 Å². The Morgan fingerprint density at radius 1 is 1.08 bits per heavy atom. The van der Waals surface area contributed by atoms with Crippen LogP contribution in [0.15, 0.2) is 0 Å². The zero-order chi connectivity index (χ0) is 9.72. The van der Waals surface area contributed by atoms with Crippen molar-refractivity contribution in [2.24, 2.45) is 0 Å². The van der Waals surface area contributed by atoms with Gasteiger partial charge in [0.05, 0.1) is 0 Å². The van der Waals surface area contributed by atoms with Gasteiger partial charge in [0.1, 0.15) is 0 Å². The molecule has 4 heteroatoms. The van der Waals surface area contributed by atoms with Gasteiger partial charge in [0.2, 0.25) is 0 Å². The summed E-state index contributed by atoms with van der Waals surface area (Å²) in [7, 11) is 0. The summed E-state index contributed by atoms with van der Waals surface area (Å²) >= 11 is 11.9. The first-order chi connectivity index (χ1) is 5.54. The van der Waals surface area contributed by atoms with Crippen molar-refractivity contribution in [2.75, 3.05) is 0 Å². The molecule has 0 heterocycles. The summed E-state index contributed by atoms with van der Waals surface area (Å²) in [6.45, 7) is 7.69. The molecule has 0 aromatic carbocycles. The second kappa shape index (κ2) is 6.43. The Morgan fingerprint density at radius 3 is 1.58 bits per heavy atom. The Balaban J connectivity index is 4.21. The number of rotatable bonds is 5. The van der Waals surface area contributed by atoms with Crippen LogP contribution in [0.4, 0.5) is 0 Å². The lowest BCUT2D eigenvalue weighted by Gasteiger charge is -2.33. The predicted molar refractivity (Wildman–Crippen MR) is 60.0 cm³/mol. The Morgan fingerprint density at radius 2 is 1.42 bits per heavy atom. The molecule has 12 heavy (non-hydrogen) atoms. The highest BCUT2D eigenvalue weighted by Crippen LogP contribution is 2.53. The normalized spacial score (nSPS) is 17.0. The standard InChI is InChI=1S/C8H18Cl2NP/c1-5-7(3)11(12(9)10)8(4)6-2/h7-8H,5-6H2,1-4H3. The topological polar surface area (TPSA) is 3.24 Å². The van der Waals surface area contributed by atoms with Gasteiger partial charge in [-0.25, -0.2) is 0 Å². The van der Waals surface area contributed by atoms with Crippen molar-refractivity contribution in [3.05, 3.63) is 0 Å². The predicted octanol–water partition coefficient (Wildman–Crippen LogP) is 4.59. The lowest BCUT2D eigenvalue weighted by molar-refractivity contribution is 0.284. The molecule has 74 valence electrons. The van der Waals surface area contributed by atoms with Crippen molar-refractivity contribution >= 4 is 29.3 Å². The fraction of sp³-hybridized carbons (Fsp3) is 1.00. The van der Waals surface area contributed by atoms with E-state index in [2.05, 4.69) is 32.4 Å². The second-order valence-corrected chi connectivity index (χ2v) is 6.44. The molecule has 1 nitrogen and oxygen atoms in total. The van der Waals surface area contributed by atoms with Gasteiger partial charge in [0.15, 0.2) is 6.78 Å². The Kier molecular flexibility index (Phi) is 6.95. The number of hydrogen-bond acceptors (Lipinski definition) is 1. The molecule has 0 spiro atoms. The Labute approximate surface area is 86.8 Å². The maximum Gasteiger partial charge on any atom is 0.160 e. The maximum atomic E-state index is 5.95. The molecule has 0 aromatic heterocycles. The maximum absolute atomic E-state index is 5.95. The third-order valence-corrected chi connectivity index (χ3v) is 4.44. The van der Waals surface area contributed by atoms with Crippen molar-refractivity contribution in [1.29, 1.82) is 0 Å². The van der Waals surface area contributed by atoms with E-state index in [4.69, 9.17) is 22.5 Å². The summed E-state index contributed by atoms with van der Waals surface area (Å²) in [5.41, 5.74) is 0. The van der Waals surface area contributed by atoms with Gasteiger partial charge in [0, 0.05) is 12.1 Å². The summed E-state index contributed by atoms with van der Waals surface area (Å²) in [6, 6.07) is 0.974. The summed E-state index contributed by atoms with van der Waals surface area (Å²) in [5, 5.41) is 0. The molecule has 2 atom stereocenters. The summed E-state index contributed by atoms with van der Waals surface area (Å²) < 4.78 is 2.21. The lowest BCUT2D eigenvalue weighted by Crippen LogP contribution is -2.33. The SMILES string of the molecule is CCC(C)N(C(C)CC)P(Cl)Cl. The third kappa shape index (κ3) is 3.79. The zero-order valence-electron chi connectivity index (χ0n) is 8.22. The van der Waals surface area contributed by atoms with E-state index >= 15 is 0 Å². The van der Waals surface area contributed by atoms with E-state index in [1.54, 1.807) is 0 Å². The molecule has 0 aliphatic rings. The van der Waals surface area contributed by atoms with E-state index in [1.807, 2.05) is 0 Å². The molecule has 0 aromatic rings. The van der Waals surface area contributed by atoms with Crippen molar-refractivity contribution < 1.29 is 0 Å². The van der Waals surface area contributed by atoms with E-state index in [9.17, 15) is 0 Å². The van der Waals surface area contributed by atoms with Crippen LogP contribution in [0, 0.1) is 0 Å².